The van der Waals surface area contributed by atoms with Crippen LogP contribution in [0.5, 0.6) is 11.5 Å². The van der Waals surface area contributed by atoms with Crippen LogP contribution in [0.25, 0.3) is 0 Å². The summed E-state index contributed by atoms with van der Waals surface area (Å²) in [6.45, 7) is 8.13. The minimum absolute atomic E-state index is 0.539. The summed E-state index contributed by atoms with van der Waals surface area (Å²) in [4.78, 5) is 0. The van der Waals surface area contributed by atoms with Crippen LogP contribution in [0.3, 0.4) is 0 Å². The highest BCUT2D eigenvalue weighted by molar-refractivity contribution is 6.32. The fourth-order valence-electron chi connectivity index (χ4n) is 2.38. The van der Waals surface area contributed by atoms with Gasteiger partial charge >= 0.3 is 0 Å². The molecule has 0 saturated carbocycles. The van der Waals surface area contributed by atoms with Gasteiger partial charge in [-0.1, -0.05) is 18.5 Å². The zero-order chi connectivity index (χ0) is 14.6. The molecule has 1 aromatic carbocycles. The van der Waals surface area contributed by atoms with Gasteiger partial charge in [-0.3, -0.25) is 0 Å². The Morgan fingerprint density at radius 2 is 1.65 bits per heavy atom. The fourth-order valence-corrected chi connectivity index (χ4v) is 2.60. The third-order valence-corrected chi connectivity index (χ3v) is 3.56. The summed E-state index contributed by atoms with van der Waals surface area (Å²) in [6.07, 6.45) is 0.692. The maximum atomic E-state index is 6.29. The molecule has 0 unspecified atom stereocenters. The molecule has 1 aliphatic heterocycles. The van der Waals surface area contributed by atoms with Crippen molar-refractivity contribution < 1.29 is 18.9 Å². The second kappa shape index (κ2) is 6.66. The van der Waals surface area contributed by atoms with Crippen LogP contribution < -0.4 is 9.47 Å². The number of hydrogen-bond donors (Lipinski definition) is 0. The Balaban J connectivity index is 2.47. The smallest absolute Gasteiger partial charge is 0.198 e. The lowest BCUT2D eigenvalue weighted by Crippen LogP contribution is -2.27. The highest BCUT2D eigenvalue weighted by Gasteiger charge is 2.40. The average Bonchev–Trinajstić information content (AvgIpc) is 2.92. The summed E-state index contributed by atoms with van der Waals surface area (Å²) in [5.74, 6) is 0.550. The van der Waals surface area contributed by atoms with E-state index in [1.54, 1.807) is 0 Å². The van der Waals surface area contributed by atoms with Crippen LogP contribution in [-0.2, 0) is 15.3 Å². The Bertz CT molecular complexity index is 455. The Morgan fingerprint density at radius 1 is 1.05 bits per heavy atom. The van der Waals surface area contributed by atoms with Crippen molar-refractivity contribution in [2.24, 2.45) is 0 Å². The molecule has 0 bridgehead atoms. The van der Waals surface area contributed by atoms with Gasteiger partial charge in [0.05, 0.1) is 37.0 Å². The number of benzene rings is 1. The Hall–Kier alpha value is -0.970. The molecule has 1 heterocycles. The first-order valence-electron chi connectivity index (χ1n) is 7.04. The molecule has 0 atom stereocenters. The van der Waals surface area contributed by atoms with E-state index in [-0.39, 0.29) is 0 Å². The summed E-state index contributed by atoms with van der Waals surface area (Å²) >= 11 is 6.29. The lowest BCUT2D eigenvalue weighted by molar-refractivity contribution is -0.168. The summed E-state index contributed by atoms with van der Waals surface area (Å²) < 4.78 is 22.9. The van der Waals surface area contributed by atoms with Crippen LogP contribution in [-0.4, -0.2) is 26.4 Å². The van der Waals surface area contributed by atoms with Gasteiger partial charge in [-0.2, -0.15) is 0 Å². The Morgan fingerprint density at radius 3 is 2.20 bits per heavy atom. The molecule has 0 spiro atoms. The van der Waals surface area contributed by atoms with Crippen LogP contribution in [0.2, 0.25) is 5.02 Å². The SMILES string of the molecule is CCOc1cc(OCC)c(C2(CC)OCCO2)cc1Cl. The predicted molar refractivity (Wildman–Crippen MR) is 77.7 cm³/mol. The highest BCUT2D eigenvalue weighted by atomic mass is 35.5. The Labute approximate surface area is 124 Å². The minimum atomic E-state index is -0.765. The minimum Gasteiger partial charge on any atom is -0.493 e. The highest BCUT2D eigenvalue weighted by Crippen LogP contribution is 2.44. The van der Waals surface area contributed by atoms with Crippen molar-refractivity contribution in [1.82, 2.24) is 0 Å². The van der Waals surface area contributed by atoms with Crippen LogP contribution in [0.1, 0.15) is 32.8 Å². The van der Waals surface area contributed by atoms with Gasteiger partial charge in [0.1, 0.15) is 11.5 Å². The van der Waals surface area contributed by atoms with Crippen molar-refractivity contribution in [1.29, 1.82) is 0 Å². The third-order valence-electron chi connectivity index (χ3n) is 3.26. The van der Waals surface area contributed by atoms with E-state index in [1.165, 1.54) is 0 Å². The van der Waals surface area contributed by atoms with E-state index in [1.807, 2.05) is 32.9 Å². The summed E-state index contributed by atoms with van der Waals surface area (Å²) in [5.41, 5.74) is 0.827. The number of halogens is 1. The molecule has 1 aromatic rings. The van der Waals surface area contributed by atoms with Crippen molar-refractivity contribution in [3.63, 3.8) is 0 Å². The van der Waals surface area contributed by atoms with Crippen LogP contribution in [0.15, 0.2) is 12.1 Å². The van der Waals surface area contributed by atoms with Gasteiger partial charge in [0.25, 0.3) is 0 Å². The number of hydrogen-bond acceptors (Lipinski definition) is 4. The molecule has 4 nitrogen and oxygen atoms in total. The van der Waals surface area contributed by atoms with E-state index in [4.69, 9.17) is 30.5 Å². The van der Waals surface area contributed by atoms with Gasteiger partial charge in [0, 0.05) is 12.5 Å². The summed E-state index contributed by atoms with van der Waals surface area (Å²) in [7, 11) is 0. The van der Waals surface area contributed by atoms with Gasteiger partial charge in [-0.05, 0) is 19.9 Å². The van der Waals surface area contributed by atoms with Gasteiger partial charge in [-0.15, -0.1) is 0 Å². The third kappa shape index (κ3) is 2.87. The largest absolute Gasteiger partial charge is 0.493 e. The van der Waals surface area contributed by atoms with E-state index < -0.39 is 5.79 Å². The maximum Gasteiger partial charge on any atom is 0.198 e. The van der Waals surface area contributed by atoms with Crippen LogP contribution >= 0.6 is 11.6 Å². The van der Waals surface area contributed by atoms with E-state index in [0.29, 0.717) is 49.4 Å². The van der Waals surface area contributed by atoms with Gasteiger partial charge < -0.3 is 18.9 Å². The normalized spacial score (nSPS) is 17.2. The molecule has 1 aliphatic rings. The molecule has 1 fully saturated rings. The monoisotopic (exact) mass is 300 g/mol. The molecule has 0 radical (unpaired) electrons. The van der Waals surface area contributed by atoms with Crippen molar-refractivity contribution in [2.45, 2.75) is 33.0 Å². The molecule has 0 aromatic heterocycles. The van der Waals surface area contributed by atoms with Crippen LogP contribution in [0, 0.1) is 0 Å². The first-order chi connectivity index (χ1) is 9.66. The molecule has 2 rings (SSSR count). The first-order valence-corrected chi connectivity index (χ1v) is 7.42. The lowest BCUT2D eigenvalue weighted by atomic mass is 10.0. The summed E-state index contributed by atoms with van der Waals surface area (Å²) in [5, 5.41) is 0.539. The average molecular weight is 301 g/mol. The molecule has 0 N–H and O–H groups in total. The predicted octanol–water partition coefficient (Wildman–Crippen LogP) is 3.75. The molecular weight excluding hydrogens is 280 g/mol. The number of rotatable bonds is 6. The van der Waals surface area contributed by atoms with Crippen molar-refractivity contribution in [3.8, 4) is 11.5 Å². The standard InChI is InChI=1S/C15H21ClO4/c1-4-15(19-7-8-20-15)11-9-12(16)14(18-6-3)10-13(11)17-5-2/h9-10H,4-8H2,1-3H3. The van der Waals surface area contributed by atoms with E-state index in [2.05, 4.69) is 0 Å². The van der Waals surface area contributed by atoms with Gasteiger partial charge in [0.2, 0.25) is 0 Å². The zero-order valence-corrected chi connectivity index (χ0v) is 13.0. The topological polar surface area (TPSA) is 36.9 Å². The molecule has 0 amide bonds. The fraction of sp³-hybridized carbons (Fsp3) is 0.600. The van der Waals surface area contributed by atoms with Crippen molar-refractivity contribution in [3.05, 3.63) is 22.7 Å². The van der Waals surface area contributed by atoms with Gasteiger partial charge in [0.15, 0.2) is 5.79 Å². The molecule has 5 heteroatoms. The second-order valence-electron chi connectivity index (χ2n) is 4.45. The Kier molecular flexibility index (Phi) is 5.13. The lowest BCUT2D eigenvalue weighted by Gasteiger charge is -2.29. The maximum absolute atomic E-state index is 6.29. The van der Waals surface area contributed by atoms with E-state index in [9.17, 15) is 0 Å². The number of ether oxygens (including phenoxy) is 4. The summed E-state index contributed by atoms with van der Waals surface area (Å²) in [6, 6.07) is 3.64. The molecule has 1 saturated heterocycles. The quantitative estimate of drug-likeness (QED) is 0.802. The van der Waals surface area contributed by atoms with E-state index >= 15 is 0 Å². The van der Waals surface area contributed by atoms with E-state index in [0.717, 1.165) is 5.56 Å². The molecule has 20 heavy (non-hydrogen) atoms. The van der Waals surface area contributed by atoms with Crippen LogP contribution in [0.4, 0.5) is 0 Å². The molecular formula is C15H21ClO4. The molecule has 112 valence electrons. The first kappa shape index (κ1) is 15.4. The van der Waals surface area contributed by atoms with Crippen molar-refractivity contribution in [2.75, 3.05) is 26.4 Å². The zero-order valence-electron chi connectivity index (χ0n) is 12.2. The molecule has 0 aliphatic carbocycles. The van der Waals surface area contributed by atoms with Gasteiger partial charge in [-0.25, -0.2) is 0 Å². The second-order valence-corrected chi connectivity index (χ2v) is 4.86. The van der Waals surface area contributed by atoms with Crippen molar-refractivity contribution >= 4 is 11.6 Å².